The number of carbonyl (C=O) groups excluding carboxylic acids is 4. The molecule has 36 nitrogen and oxygen atoms in total. The zero-order valence-corrected chi connectivity index (χ0v) is 42.1. The van der Waals surface area contributed by atoms with Gasteiger partial charge in [0.05, 0.1) is 25.9 Å². The van der Waals surface area contributed by atoms with Gasteiger partial charge in [-0.25, -0.2) is 14.4 Å². The van der Waals surface area contributed by atoms with E-state index in [0.717, 1.165) is 27.9 Å². The topological polar surface area (TPSA) is 561 Å². The third kappa shape index (κ3) is 15.2. The summed E-state index contributed by atoms with van der Waals surface area (Å²) in [6.07, 6.45) is -53.8. The number of carboxylic acid groups (broad SMARTS) is 3. The Labute approximate surface area is 445 Å². The predicted octanol–water partition coefficient (Wildman–Crippen LogP) is -11.9. The molecule has 5 heterocycles. The molecule has 0 radical (unpaired) electrons. The fourth-order valence-corrected chi connectivity index (χ4v) is 9.34. The molecule has 0 aliphatic carbocycles. The monoisotopic (exact) mass is 1150 g/mol. The molecule has 0 aromatic carbocycles. The number of carbonyl (C=O) groups is 7. The summed E-state index contributed by atoms with van der Waals surface area (Å²) in [6.45, 7) is -0.548. The van der Waals surface area contributed by atoms with Crippen molar-refractivity contribution in [3.63, 3.8) is 0 Å². The molecule has 5 rings (SSSR count). The number of nitrogens with one attached hydrogen (secondary N) is 3. The Morgan fingerprint density at radius 1 is 0.557 bits per heavy atom. The smallest absolute Gasteiger partial charge is 0.335 e. The van der Waals surface area contributed by atoms with Gasteiger partial charge in [-0.05, 0) is 0 Å². The number of aliphatic hydroxyl groups excluding tert-OH is 12. The number of methoxy groups -OCH3 is 1. The highest BCUT2D eigenvalue weighted by molar-refractivity contribution is 5.78. The zero-order chi connectivity index (χ0) is 59.1. The standard InChI is InChI=1S/C43H67N3O33/c1-10(51)44-13(6-47)29(21(55)14(54)7-48)74-41-24(58)15(5-16(71-41)36(63)64)70-39-19(45-11(2)52)30(22(56)17(8-49)72-39)75-43-28(62)26(60)33(35(79-43)38(67)68)77-40-20(46-12(3)53)31(23(57)18(9-50)73-40)76-42-27(61)25(59)32(69-4)34(78-42)37(65)66/h6,13-35,39-43,48-50,54-62H,5,7-9H2,1-4H3,(H,44,51)(H,45,52)(H,46,53)(H,63,64)(H,65,66)(H,67,68)/t13?,14?,15?,16?,17?,18?,19?,20?,21?,22?,23?,24?,25?,26?,27?,28?,29?,30?,31?,32?,33?,34?,35?,39-,40+,41?,42?,43?/m0/s1. The van der Waals surface area contributed by atoms with Gasteiger partial charge in [0.2, 0.25) is 17.7 Å². The number of carboxylic acids is 3. The van der Waals surface area contributed by atoms with Crippen molar-refractivity contribution in [3.05, 3.63) is 0 Å². The first-order valence-corrected chi connectivity index (χ1v) is 24.1. The fourth-order valence-electron chi connectivity index (χ4n) is 9.34. The first-order chi connectivity index (χ1) is 37.1. The molecular formula is C43H67N3O33. The third-order valence-electron chi connectivity index (χ3n) is 13.2. The lowest BCUT2D eigenvalue weighted by Gasteiger charge is -2.50. The Bertz CT molecular complexity index is 2080. The average molecular weight is 1150 g/mol. The van der Waals surface area contributed by atoms with Crippen molar-refractivity contribution in [2.75, 3.05) is 26.9 Å². The van der Waals surface area contributed by atoms with Gasteiger partial charge in [0.15, 0.2) is 49.8 Å². The summed E-state index contributed by atoms with van der Waals surface area (Å²) in [5.41, 5.74) is 0. The van der Waals surface area contributed by atoms with E-state index in [0.29, 0.717) is 0 Å². The van der Waals surface area contributed by atoms with Gasteiger partial charge in [-0.15, -0.1) is 0 Å². The van der Waals surface area contributed by atoms with Crippen LogP contribution >= 0.6 is 0 Å². The highest BCUT2D eigenvalue weighted by Crippen LogP contribution is 2.37. The molecule has 3 amide bonds. The van der Waals surface area contributed by atoms with Crippen LogP contribution in [0.3, 0.4) is 0 Å². The number of hydrogen-bond acceptors (Lipinski definition) is 30. The van der Waals surface area contributed by atoms with Gasteiger partial charge in [-0.3, -0.25) is 14.4 Å². The van der Waals surface area contributed by atoms with Gasteiger partial charge in [0.25, 0.3) is 0 Å². The van der Waals surface area contributed by atoms with Crippen LogP contribution in [0.25, 0.3) is 0 Å². The second-order valence-electron chi connectivity index (χ2n) is 18.8. The van der Waals surface area contributed by atoms with Crippen molar-refractivity contribution in [1.82, 2.24) is 16.0 Å². The summed E-state index contributed by atoms with van der Waals surface area (Å²) >= 11 is 0. The minimum atomic E-state index is -2.49. The largest absolute Gasteiger partial charge is 0.479 e. The first-order valence-electron chi connectivity index (χ1n) is 24.1. The Balaban J connectivity index is 1.44. The summed E-state index contributed by atoms with van der Waals surface area (Å²) in [5.74, 6) is -8.20. The molecule has 452 valence electrons. The Kier molecular flexibility index (Phi) is 23.6. The van der Waals surface area contributed by atoms with Crippen molar-refractivity contribution < 1.29 is 162 Å². The number of aliphatic carboxylic acids is 3. The molecule has 5 saturated heterocycles. The highest BCUT2D eigenvalue weighted by Gasteiger charge is 2.59. The van der Waals surface area contributed by atoms with E-state index < -0.39 is 234 Å². The SMILES string of the molecule is COC1C(C(=O)O)OC(OC2C(O)C(CO)O[C@H](OC3C(C(=O)O)OC(OC4C(O)C(CO)O[C@H](OC5CC(C(=O)O)OC(OC(C(C=O)NC(C)=O)C(O)C(O)CO)C5O)C4NC(C)=O)C(O)C3O)C2NC(C)=O)C(O)C1O. The molecule has 0 aromatic rings. The van der Waals surface area contributed by atoms with E-state index in [9.17, 15) is 110 Å². The van der Waals surface area contributed by atoms with Crippen molar-refractivity contribution in [1.29, 1.82) is 0 Å². The van der Waals surface area contributed by atoms with Crippen LogP contribution in [0.2, 0.25) is 0 Å². The maximum absolute atomic E-state index is 13.0. The molecule has 18 N–H and O–H groups in total. The summed E-state index contributed by atoms with van der Waals surface area (Å²) in [4.78, 5) is 86.7. The van der Waals surface area contributed by atoms with Crippen LogP contribution in [0, 0.1) is 0 Å². The molecule has 0 bridgehead atoms. The average Bonchev–Trinajstić information content (AvgIpc) is 3.48. The maximum atomic E-state index is 13.0. The van der Waals surface area contributed by atoms with Crippen molar-refractivity contribution in [3.8, 4) is 0 Å². The van der Waals surface area contributed by atoms with Crippen LogP contribution < -0.4 is 16.0 Å². The fraction of sp³-hybridized carbons (Fsp3) is 0.837. The van der Waals surface area contributed by atoms with E-state index in [1.807, 2.05) is 0 Å². The van der Waals surface area contributed by atoms with Gasteiger partial charge in [0.1, 0.15) is 122 Å². The van der Waals surface area contributed by atoms with Crippen LogP contribution in [0.15, 0.2) is 0 Å². The maximum Gasteiger partial charge on any atom is 0.335 e. The summed E-state index contributed by atoms with van der Waals surface area (Å²) in [5, 5.41) is 167. The predicted molar refractivity (Wildman–Crippen MR) is 240 cm³/mol. The van der Waals surface area contributed by atoms with Crippen LogP contribution in [-0.2, 0) is 85.7 Å². The Morgan fingerprint density at radius 2 is 1.01 bits per heavy atom. The van der Waals surface area contributed by atoms with Crippen LogP contribution in [0.5, 0.6) is 0 Å². The minimum absolute atomic E-state index is 0.0388. The molecule has 28 atom stereocenters. The second-order valence-corrected chi connectivity index (χ2v) is 18.8. The molecule has 0 aromatic heterocycles. The molecule has 0 saturated carbocycles. The van der Waals surface area contributed by atoms with E-state index in [-0.39, 0.29) is 6.29 Å². The molecular weight excluding hydrogens is 1090 g/mol. The minimum Gasteiger partial charge on any atom is -0.479 e. The molecule has 5 fully saturated rings. The lowest BCUT2D eigenvalue weighted by Crippen LogP contribution is -2.71. The van der Waals surface area contributed by atoms with Crippen LogP contribution in [0.1, 0.15) is 27.2 Å². The molecule has 36 heteroatoms. The van der Waals surface area contributed by atoms with Gasteiger partial charge in [0, 0.05) is 34.3 Å². The zero-order valence-electron chi connectivity index (χ0n) is 42.1. The van der Waals surface area contributed by atoms with E-state index >= 15 is 0 Å². The number of rotatable bonds is 24. The molecule has 5 aliphatic heterocycles. The molecule has 79 heavy (non-hydrogen) atoms. The number of aldehydes is 1. The lowest BCUT2D eigenvalue weighted by molar-refractivity contribution is -0.373. The van der Waals surface area contributed by atoms with Crippen molar-refractivity contribution in [2.45, 2.75) is 199 Å². The number of hydrogen-bond donors (Lipinski definition) is 18. The first kappa shape index (κ1) is 65.4. The number of ether oxygens (including phenoxy) is 11. The normalized spacial score (nSPS) is 41.4. The molecule has 5 aliphatic rings. The number of aliphatic hydroxyl groups is 12. The van der Waals surface area contributed by atoms with E-state index in [1.54, 1.807) is 0 Å². The summed E-state index contributed by atoms with van der Waals surface area (Å²) in [6, 6.07) is -5.66. The second kappa shape index (κ2) is 28.5. The molecule has 0 spiro atoms. The van der Waals surface area contributed by atoms with Crippen LogP contribution in [-0.4, -0.2) is 317 Å². The third-order valence-corrected chi connectivity index (χ3v) is 13.2. The van der Waals surface area contributed by atoms with E-state index in [2.05, 4.69) is 16.0 Å². The van der Waals surface area contributed by atoms with E-state index in [1.165, 1.54) is 0 Å². The van der Waals surface area contributed by atoms with Crippen molar-refractivity contribution in [2.24, 2.45) is 0 Å². The van der Waals surface area contributed by atoms with Crippen molar-refractivity contribution >= 4 is 41.9 Å². The molecule has 26 unspecified atom stereocenters. The van der Waals surface area contributed by atoms with Gasteiger partial charge in [-0.2, -0.15) is 0 Å². The lowest BCUT2D eigenvalue weighted by atomic mass is 9.93. The Hall–Kier alpha value is -4.43. The Morgan fingerprint density at radius 3 is 1.42 bits per heavy atom. The van der Waals surface area contributed by atoms with Gasteiger partial charge < -0.3 is 149 Å². The highest BCUT2D eigenvalue weighted by atomic mass is 16.8. The summed E-state index contributed by atoms with van der Waals surface area (Å²) in [7, 11) is 1.00. The van der Waals surface area contributed by atoms with Crippen LogP contribution in [0.4, 0.5) is 0 Å². The van der Waals surface area contributed by atoms with E-state index in [4.69, 9.17) is 52.1 Å². The summed E-state index contributed by atoms with van der Waals surface area (Å²) < 4.78 is 61.6. The van der Waals surface area contributed by atoms with Gasteiger partial charge >= 0.3 is 17.9 Å². The quantitative estimate of drug-likeness (QED) is 0.0399. The van der Waals surface area contributed by atoms with Gasteiger partial charge in [-0.1, -0.05) is 0 Å². The number of amides is 3.